The summed E-state index contributed by atoms with van der Waals surface area (Å²) in [7, 11) is 0. The van der Waals surface area contributed by atoms with Crippen LogP contribution in [-0.4, -0.2) is 52.3 Å². The van der Waals surface area contributed by atoms with E-state index in [2.05, 4.69) is 34.1 Å². The maximum Gasteiger partial charge on any atom is 0.280 e. The average Bonchev–Trinajstić information content (AvgIpc) is 3.13. The lowest BCUT2D eigenvalue weighted by molar-refractivity contribution is 0.252. The van der Waals surface area contributed by atoms with E-state index in [1.165, 1.54) is 10.1 Å². The van der Waals surface area contributed by atoms with Crippen molar-refractivity contribution in [1.82, 2.24) is 19.5 Å². The lowest BCUT2D eigenvalue weighted by Gasteiger charge is -2.35. The van der Waals surface area contributed by atoms with Crippen LogP contribution in [0.3, 0.4) is 0 Å². The van der Waals surface area contributed by atoms with Gasteiger partial charge in [-0.15, -0.1) is 11.3 Å². The second-order valence-electron chi connectivity index (χ2n) is 8.81. The Kier molecular flexibility index (Phi) is 6.03. The van der Waals surface area contributed by atoms with Gasteiger partial charge in [-0.2, -0.15) is 0 Å². The first kappa shape index (κ1) is 21.9. The Labute approximate surface area is 197 Å². The van der Waals surface area contributed by atoms with E-state index in [9.17, 15) is 4.79 Å². The highest BCUT2D eigenvalue weighted by Gasteiger charge is 2.18. The molecule has 1 aliphatic heterocycles. The zero-order chi connectivity index (χ0) is 22.9. The summed E-state index contributed by atoms with van der Waals surface area (Å²) in [5, 5.41) is 1.85. The maximum atomic E-state index is 12.7. The van der Waals surface area contributed by atoms with Crippen molar-refractivity contribution >= 4 is 38.3 Å². The van der Waals surface area contributed by atoms with Gasteiger partial charge in [-0.3, -0.25) is 9.69 Å². The number of anilines is 1. The molecule has 0 radical (unpaired) electrons. The standard InChI is InChI=1S/C25H30N6OS/c1-17-18(2)33-24-23(17)25(32)31(26)22(28-24)9-5-6-12-29-13-15-30(16-14-29)21-11-10-19-7-3-4-8-20(19)27-21/h3-4,7-8,10-11H,5-6,9,12-16,26H2,1-2H3. The lowest BCUT2D eigenvalue weighted by Crippen LogP contribution is -2.46. The van der Waals surface area contributed by atoms with Gasteiger partial charge in [-0.1, -0.05) is 18.2 Å². The first-order valence-electron chi connectivity index (χ1n) is 11.6. The smallest absolute Gasteiger partial charge is 0.280 e. The number of nitrogens with zero attached hydrogens (tertiary/aromatic N) is 5. The average molecular weight is 463 g/mol. The molecule has 33 heavy (non-hydrogen) atoms. The minimum Gasteiger partial charge on any atom is -0.354 e. The number of thiophene rings is 1. The van der Waals surface area contributed by atoms with Gasteiger partial charge in [0, 0.05) is 42.9 Å². The molecule has 0 unspecified atom stereocenters. The number of pyridine rings is 1. The van der Waals surface area contributed by atoms with Gasteiger partial charge in [0.05, 0.1) is 10.9 Å². The Balaban J connectivity index is 1.13. The van der Waals surface area contributed by atoms with Crippen molar-refractivity contribution in [2.24, 2.45) is 0 Å². The number of piperazine rings is 1. The van der Waals surface area contributed by atoms with Crippen molar-refractivity contribution in [3.63, 3.8) is 0 Å². The molecule has 7 nitrogen and oxygen atoms in total. The molecule has 0 saturated carbocycles. The van der Waals surface area contributed by atoms with E-state index < -0.39 is 0 Å². The van der Waals surface area contributed by atoms with Crippen LogP contribution in [0.4, 0.5) is 5.82 Å². The fourth-order valence-electron chi connectivity index (χ4n) is 4.58. The number of benzene rings is 1. The van der Waals surface area contributed by atoms with Crippen LogP contribution < -0.4 is 16.3 Å². The van der Waals surface area contributed by atoms with E-state index in [4.69, 9.17) is 15.8 Å². The zero-order valence-electron chi connectivity index (χ0n) is 19.3. The summed E-state index contributed by atoms with van der Waals surface area (Å²) < 4.78 is 1.25. The number of para-hydroxylation sites is 1. The molecule has 2 N–H and O–H groups in total. The predicted octanol–water partition coefficient (Wildman–Crippen LogP) is 3.48. The topological polar surface area (TPSA) is 80.3 Å². The summed E-state index contributed by atoms with van der Waals surface area (Å²) in [4.78, 5) is 29.0. The van der Waals surface area contributed by atoms with Gasteiger partial charge in [0.2, 0.25) is 0 Å². The summed E-state index contributed by atoms with van der Waals surface area (Å²) in [6.07, 6.45) is 2.74. The summed E-state index contributed by atoms with van der Waals surface area (Å²) in [5.41, 5.74) is 1.92. The Hall–Kier alpha value is -2.97. The van der Waals surface area contributed by atoms with Crippen LogP contribution in [0.25, 0.3) is 21.1 Å². The van der Waals surface area contributed by atoms with Crippen molar-refractivity contribution in [2.45, 2.75) is 33.1 Å². The summed E-state index contributed by atoms with van der Waals surface area (Å²) in [6.45, 7) is 9.09. The molecule has 4 aromatic rings. The molecule has 0 amide bonds. The SMILES string of the molecule is Cc1sc2nc(CCCCN3CCN(c4ccc5ccccc5n4)CC3)n(N)c(=O)c2c1C. The molecule has 1 aliphatic rings. The molecule has 172 valence electrons. The monoisotopic (exact) mass is 462 g/mol. The van der Waals surface area contributed by atoms with Crippen LogP contribution >= 0.6 is 11.3 Å². The molecule has 1 saturated heterocycles. The molecule has 1 fully saturated rings. The Morgan fingerprint density at radius 3 is 2.61 bits per heavy atom. The maximum absolute atomic E-state index is 12.7. The molecule has 4 heterocycles. The van der Waals surface area contributed by atoms with Gasteiger partial charge in [0.25, 0.3) is 5.56 Å². The lowest BCUT2D eigenvalue weighted by atomic mass is 10.2. The van der Waals surface area contributed by atoms with E-state index in [1.54, 1.807) is 11.3 Å². The Morgan fingerprint density at radius 1 is 1.00 bits per heavy atom. The molecule has 1 aromatic carbocycles. The molecule has 0 atom stereocenters. The van der Waals surface area contributed by atoms with Crippen molar-refractivity contribution < 1.29 is 0 Å². The van der Waals surface area contributed by atoms with Gasteiger partial charge < -0.3 is 10.7 Å². The van der Waals surface area contributed by atoms with Gasteiger partial charge in [-0.25, -0.2) is 14.6 Å². The van der Waals surface area contributed by atoms with E-state index in [-0.39, 0.29) is 5.56 Å². The number of nitrogen functional groups attached to an aromatic ring is 1. The number of aryl methyl sites for hydroxylation is 3. The molecular weight excluding hydrogens is 432 g/mol. The molecule has 0 bridgehead atoms. The van der Waals surface area contributed by atoms with Crippen LogP contribution in [0.15, 0.2) is 41.2 Å². The fourth-order valence-corrected chi connectivity index (χ4v) is 5.61. The van der Waals surface area contributed by atoms with Crippen LogP contribution in [0.1, 0.15) is 29.1 Å². The highest BCUT2D eigenvalue weighted by atomic mass is 32.1. The second-order valence-corrected chi connectivity index (χ2v) is 10.0. The molecule has 8 heteroatoms. The third-order valence-electron chi connectivity index (χ3n) is 6.71. The van der Waals surface area contributed by atoms with E-state index >= 15 is 0 Å². The second kappa shape index (κ2) is 9.11. The first-order valence-corrected chi connectivity index (χ1v) is 12.4. The third-order valence-corrected chi connectivity index (χ3v) is 7.81. The number of hydrogen-bond donors (Lipinski definition) is 1. The Bertz CT molecular complexity index is 1350. The molecule has 0 spiro atoms. The fraction of sp³-hybridized carbons (Fsp3) is 0.400. The van der Waals surface area contributed by atoms with Gasteiger partial charge in [0.15, 0.2) is 0 Å². The van der Waals surface area contributed by atoms with Gasteiger partial charge in [-0.05, 0) is 57.0 Å². The van der Waals surface area contributed by atoms with Crippen molar-refractivity contribution in [3.8, 4) is 0 Å². The van der Waals surface area contributed by atoms with Crippen LogP contribution in [0, 0.1) is 13.8 Å². The quantitative estimate of drug-likeness (QED) is 0.349. The highest BCUT2D eigenvalue weighted by molar-refractivity contribution is 7.18. The zero-order valence-corrected chi connectivity index (χ0v) is 20.1. The number of unbranched alkanes of at least 4 members (excludes halogenated alkanes) is 1. The van der Waals surface area contributed by atoms with Gasteiger partial charge >= 0.3 is 0 Å². The summed E-state index contributed by atoms with van der Waals surface area (Å²) in [5.74, 6) is 7.83. The summed E-state index contributed by atoms with van der Waals surface area (Å²) in [6, 6.07) is 12.5. The largest absolute Gasteiger partial charge is 0.354 e. The van der Waals surface area contributed by atoms with E-state index in [0.29, 0.717) is 11.2 Å². The highest BCUT2D eigenvalue weighted by Crippen LogP contribution is 2.26. The molecule has 0 aliphatic carbocycles. The number of fused-ring (bicyclic) bond motifs is 2. The normalized spacial score (nSPS) is 15.0. The van der Waals surface area contributed by atoms with Crippen molar-refractivity contribution in [3.05, 3.63) is 63.0 Å². The minimum absolute atomic E-state index is 0.129. The van der Waals surface area contributed by atoms with Crippen LogP contribution in [-0.2, 0) is 6.42 Å². The van der Waals surface area contributed by atoms with Crippen molar-refractivity contribution in [1.29, 1.82) is 0 Å². The van der Waals surface area contributed by atoms with Crippen LogP contribution in [0.5, 0.6) is 0 Å². The number of nitrogens with two attached hydrogens (primary N) is 1. The Morgan fingerprint density at radius 2 is 1.79 bits per heavy atom. The van der Waals surface area contributed by atoms with Crippen molar-refractivity contribution in [2.75, 3.05) is 43.5 Å². The molecule has 5 rings (SSSR count). The molecule has 3 aromatic heterocycles. The third kappa shape index (κ3) is 4.32. The number of rotatable bonds is 6. The number of aromatic nitrogens is 3. The van der Waals surface area contributed by atoms with E-state index in [0.717, 1.165) is 78.6 Å². The number of hydrogen-bond acceptors (Lipinski definition) is 7. The first-order chi connectivity index (χ1) is 16.0. The molecular formula is C25H30N6OS. The van der Waals surface area contributed by atoms with Crippen LogP contribution in [0.2, 0.25) is 0 Å². The van der Waals surface area contributed by atoms with Gasteiger partial charge in [0.1, 0.15) is 16.5 Å². The summed E-state index contributed by atoms with van der Waals surface area (Å²) >= 11 is 1.58. The minimum atomic E-state index is -0.129. The predicted molar refractivity (Wildman–Crippen MR) is 137 cm³/mol. The van der Waals surface area contributed by atoms with E-state index in [1.807, 2.05) is 26.0 Å².